The number of benzene rings is 1. The Labute approximate surface area is 97.0 Å². The van der Waals surface area contributed by atoms with Crippen LogP contribution in [0.1, 0.15) is 0 Å². The lowest BCUT2D eigenvalue weighted by Gasteiger charge is -2.09. The summed E-state index contributed by atoms with van der Waals surface area (Å²) in [4.78, 5) is 0. The third-order valence-electron chi connectivity index (χ3n) is 1.64. The fourth-order valence-electron chi connectivity index (χ4n) is 0.931. The second-order valence-corrected chi connectivity index (χ2v) is 3.82. The Kier molecular flexibility index (Phi) is 4.16. The van der Waals surface area contributed by atoms with Gasteiger partial charge in [-0.25, -0.2) is 0 Å². The summed E-state index contributed by atoms with van der Waals surface area (Å²) in [5.74, 6) is 0.772. The molecule has 0 heterocycles. The summed E-state index contributed by atoms with van der Waals surface area (Å²) >= 11 is 8.35. The lowest BCUT2D eigenvalue weighted by molar-refractivity contribution is 0.412. The Balaban J connectivity index is 2.84. The summed E-state index contributed by atoms with van der Waals surface area (Å²) in [6.45, 7) is 0. The Bertz CT molecular complexity index is 344. The van der Waals surface area contributed by atoms with Crippen LogP contribution < -0.4 is 15.4 Å². The van der Waals surface area contributed by atoms with Crippen LogP contribution in [-0.2, 0) is 0 Å². The Morgan fingerprint density at radius 2 is 2.21 bits per heavy atom. The van der Waals surface area contributed by atoms with Crippen molar-refractivity contribution in [3.05, 3.63) is 22.7 Å². The molecule has 0 unspecified atom stereocenters. The zero-order valence-electron chi connectivity index (χ0n) is 7.93. The minimum absolute atomic E-state index is 0.578. The highest BCUT2D eigenvalue weighted by Gasteiger charge is 2.01. The van der Waals surface area contributed by atoms with E-state index in [9.17, 15) is 0 Å². The number of anilines is 1. The van der Waals surface area contributed by atoms with Crippen molar-refractivity contribution in [1.82, 2.24) is 5.32 Å². The van der Waals surface area contributed by atoms with Crippen molar-refractivity contribution >= 4 is 38.9 Å². The number of hydrogen-bond acceptors (Lipinski definition) is 2. The van der Waals surface area contributed by atoms with Gasteiger partial charge in [0.2, 0.25) is 0 Å². The Morgan fingerprint density at radius 3 is 2.79 bits per heavy atom. The average Bonchev–Trinajstić information content (AvgIpc) is 2.20. The first-order valence-electron chi connectivity index (χ1n) is 3.99. The summed E-state index contributed by atoms with van der Waals surface area (Å²) in [5, 5.41) is 6.42. The molecule has 3 nitrogen and oxygen atoms in total. The van der Waals surface area contributed by atoms with E-state index in [1.165, 1.54) is 0 Å². The van der Waals surface area contributed by atoms with Crippen LogP contribution in [0.25, 0.3) is 0 Å². The summed E-state index contributed by atoms with van der Waals surface area (Å²) < 4.78 is 6.07. The van der Waals surface area contributed by atoms with E-state index in [0.29, 0.717) is 5.11 Å². The van der Waals surface area contributed by atoms with Gasteiger partial charge in [0.1, 0.15) is 5.75 Å². The molecule has 0 saturated carbocycles. The van der Waals surface area contributed by atoms with Gasteiger partial charge in [0.05, 0.1) is 11.6 Å². The van der Waals surface area contributed by atoms with Crippen LogP contribution in [0, 0.1) is 0 Å². The molecule has 0 bridgehead atoms. The molecule has 0 atom stereocenters. The van der Waals surface area contributed by atoms with E-state index in [0.717, 1.165) is 15.9 Å². The first-order chi connectivity index (χ1) is 6.67. The Hall–Kier alpha value is -0.810. The standard InChI is InChI=1S/C9H11BrN2OS/c1-11-9(14)12-6-3-4-7(10)8(5-6)13-2/h3-5H,1-2H3,(H2,11,12,14). The van der Waals surface area contributed by atoms with Crippen molar-refractivity contribution in [2.45, 2.75) is 0 Å². The molecule has 0 fully saturated rings. The quantitative estimate of drug-likeness (QED) is 0.812. The second-order valence-electron chi connectivity index (χ2n) is 2.55. The summed E-state index contributed by atoms with van der Waals surface area (Å²) in [7, 11) is 3.39. The minimum atomic E-state index is 0.578. The number of thiocarbonyl (C=S) groups is 1. The highest BCUT2D eigenvalue weighted by Crippen LogP contribution is 2.27. The number of methoxy groups -OCH3 is 1. The molecule has 0 aliphatic heterocycles. The van der Waals surface area contributed by atoms with Gasteiger partial charge >= 0.3 is 0 Å². The number of hydrogen-bond donors (Lipinski definition) is 2. The van der Waals surface area contributed by atoms with Crippen LogP contribution in [-0.4, -0.2) is 19.3 Å². The number of nitrogens with one attached hydrogen (secondary N) is 2. The monoisotopic (exact) mass is 274 g/mol. The molecule has 0 amide bonds. The maximum atomic E-state index is 5.15. The highest BCUT2D eigenvalue weighted by molar-refractivity contribution is 9.10. The van der Waals surface area contributed by atoms with Gasteiger partial charge < -0.3 is 15.4 Å². The molecule has 1 aromatic carbocycles. The van der Waals surface area contributed by atoms with Crippen LogP contribution in [0.4, 0.5) is 5.69 Å². The highest BCUT2D eigenvalue weighted by atomic mass is 79.9. The molecule has 0 aromatic heterocycles. The van der Waals surface area contributed by atoms with Crippen LogP contribution in [0.3, 0.4) is 0 Å². The van der Waals surface area contributed by atoms with E-state index < -0.39 is 0 Å². The minimum Gasteiger partial charge on any atom is -0.495 e. The summed E-state index contributed by atoms with van der Waals surface area (Å²) in [6.07, 6.45) is 0. The fraction of sp³-hybridized carbons (Fsp3) is 0.222. The molecule has 2 N–H and O–H groups in total. The first-order valence-corrected chi connectivity index (χ1v) is 5.19. The van der Waals surface area contributed by atoms with E-state index in [1.54, 1.807) is 14.2 Å². The molecular weight excluding hydrogens is 264 g/mol. The van der Waals surface area contributed by atoms with Gasteiger partial charge in [-0.05, 0) is 40.3 Å². The van der Waals surface area contributed by atoms with Crippen LogP contribution in [0.15, 0.2) is 22.7 Å². The largest absolute Gasteiger partial charge is 0.495 e. The average molecular weight is 275 g/mol. The van der Waals surface area contributed by atoms with Crippen LogP contribution in [0.5, 0.6) is 5.75 Å². The third-order valence-corrected chi connectivity index (χ3v) is 2.60. The van der Waals surface area contributed by atoms with Crippen molar-refractivity contribution in [2.24, 2.45) is 0 Å². The molecule has 0 aliphatic carbocycles. The van der Waals surface area contributed by atoms with Crippen molar-refractivity contribution < 1.29 is 4.74 Å². The molecule has 14 heavy (non-hydrogen) atoms. The van der Waals surface area contributed by atoms with E-state index in [4.69, 9.17) is 17.0 Å². The molecule has 1 aromatic rings. The maximum absolute atomic E-state index is 5.15. The van der Waals surface area contributed by atoms with E-state index in [2.05, 4.69) is 26.6 Å². The van der Waals surface area contributed by atoms with Gasteiger partial charge in [0, 0.05) is 18.8 Å². The molecule has 0 radical (unpaired) electrons. The van der Waals surface area contributed by atoms with Gasteiger partial charge in [-0.3, -0.25) is 0 Å². The van der Waals surface area contributed by atoms with E-state index in [1.807, 2.05) is 18.2 Å². The number of ether oxygens (including phenoxy) is 1. The van der Waals surface area contributed by atoms with Crippen molar-refractivity contribution in [3.63, 3.8) is 0 Å². The molecule has 76 valence electrons. The van der Waals surface area contributed by atoms with Gasteiger partial charge in [-0.2, -0.15) is 0 Å². The number of halogens is 1. The van der Waals surface area contributed by atoms with Crippen molar-refractivity contribution in [1.29, 1.82) is 0 Å². The third kappa shape index (κ3) is 2.85. The lowest BCUT2D eigenvalue weighted by atomic mass is 10.3. The molecular formula is C9H11BrN2OS. The fourth-order valence-corrected chi connectivity index (χ4v) is 1.46. The van der Waals surface area contributed by atoms with Crippen LogP contribution in [0.2, 0.25) is 0 Å². The SMILES string of the molecule is CNC(=S)Nc1ccc(Br)c(OC)c1. The van der Waals surface area contributed by atoms with Gasteiger partial charge in [-0.15, -0.1) is 0 Å². The van der Waals surface area contributed by atoms with E-state index >= 15 is 0 Å². The normalized spacial score (nSPS) is 9.36. The van der Waals surface area contributed by atoms with Crippen molar-refractivity contribution in [2.75, 3.05) is 19.5 Å². The van der Waals surface area contributed by atoms with Gasteiger partial charge in [0.15, 0.2) is 5.11 Å². The van der Waals surface area contributed by atoms with E-state index in [-0.39, 0.29) is 0 Å². The lowest BCUT2D eigenvalue weighted by Crippen LogP contribution is -2.24. The topological polar surface area (TPSA) is 33.3 Å². The molecule has 5 heteroatoms. The van der Waals surface area contributed by atoms with Crippen molar-refractivity contribution in [3.8, 4) is 5.75 Å². The van der Waals surface area contributed by atoms with Crippen LogP contribution >= 0.6 is 28.1 Å². The predicted octanol–water partition coefficient (Wildman–Crippen LogP) is 2.37. The molecule has 0 spiro atoms. The summed E-state index contributed by atoms with van der Waals surface area (Å²) in [5.41, 5.74) is 0.893. The van der Waals surface area contributed by atoms with Gasteiger partial charge in [-0.1, -0.05) is 0 Å². The smallest absolute Gasteiger partial charge is 0.170 e. The molecule has 0 saturated heterocycles. The zero-order chi connectivity index (χ0) is 10.6. The maximum Gasteiger partial charge on any atom is 0.170 e. The predicted molar refractivity (Wildman–Crippen MR) is 66.0 cm³/mol. The first kappa shape index (κ1) is 11.3. The summed E-state index contributed by atoms with van der Waals surface area (Å²) in [6, 6.07) is 5.68. The second kappa shape index (κ2) is 5.17. The molecule has 1 rings (SSSR count). The number of rotatable bonds is 2. The Morgan fingerprint density at radius 1 is 1.50 bits per heavy atom. The zero-order valence-corrected chi connectivity index (χ0v) is 10.3. The molecule has 0 aliphatic rings. The van der Waals surface area contributed by atoms with Gasteiger partial charge in [0.25, 0.3) is 0 Å².